The van der Waals surface area contributed by atoms with Gasteiger partial charge in [-0.05, 0) is 6.92 Å². The molecule has 0 rings (SSSR count). The van der Waals surface area contributed by atoms with Crippen molar-refractivity contribution < 1.29 is 19.8 Å². The van der Waals surface area contributed by atoms with Crippen LogP contribution < -0.4 is 0 Å². The van der Waals surface area contributed by atoms with Gasteiger partial charge < -0.3 is 10.2 Å². The third kappa shape index (κ3) is 7.30. The van der Waals surface area contributed by atoms with Gasteiger partial charge in [0.2, 0.25) is 0 Å². The largest absolute Gasteiger partial charge is 0.481 e. The molecule has 0 aromatic carbocycles. The predicted octanol–water partition coefficient (Wildman–Crippen LogP) is 0.424. The summed E-state index contributed by atoms with van der Waals surface area (Å²) in [7, 11) is 0. The van der Waals surface area contributed by atoms with Gasteiger partial charge in [-0.25, -0.2) is 0 Å². The van der Waals surface area contributed by atoms with E-state index in [9.17, 15) is 9.59 Å². The molecule has 0 aromatic heterocycles. The summed E-state index contributed by atoms with van der Waals surface area (Å²) < 4.78 is 0. The zero-order valence-corrected chi connectivity index (χ0v) is 8.19. The molecule has 0 heterocycles. The second-order valence-electron chi connectivity index (χ2n) is 3.21. The molecule has 0 unspecified atom stereocenters. The summed E-state index contributed by atoms with van der Waals surface area (Å²) in [5, 5.41) is 17.0. The van der Waals surface area contributed by atoms with Gasteiger partial charge in [-0.3, -0.25) is 14.5 Å². The molecule has 0 aromatic rings. The zero-order chi connectivity index (χ0) is 11.1. The fourth-order valence-corrected chi connectivity index (χ4v) is 1.04. The Balaban J connectivity index is 4.03. The number of rotatable bonds is 7. The first-order valence-corrected chi connectivity index (χ1v) is 4.22. The lowest BCUT2D eigenvalue weighted by Gasteiger charge is -2.18. The minimum atomic E-state index is -0.961. The Bertz CT molecular complexity index is 221. The van der Waals surface area contributed by atoms with Gasteiger partial charge in [0.05, 0.1) is 13.0 Å². The van der Waals surface area contributed by atoms with Crippen molar-refractivity contribution in [2.75, 3.05) is 19.6 Å². The molecular formula is C9H15NO4. The van der Waals surface area contributed by atoms with Gasteiger partial charge in [0.25, 0.3) is 0 Å². The van der Waals surface area contributed by atoms with Crippen molar-refractivity contribution in [3.63, 3.8) is 0 Å². The number of carbonyl (C=O) groups is 2. The molecule has 0 saturated heterocycles. The van der Waals surface area contributed by atoms with Crippen LogP contribution in [0.25, 0.3) is 0 Å². The van der Waals surface area contributed by atoms with Crippen LogP contribution in [0.5, 0.6) is 0 Å². The van der Waals surface area contributed by atoms with Gasteiger partial charge in [0, 0.05) is 13.1 Å². The van der Waals surface area contributed by atoms with E-state index in [1.54, 1.807) is 11.8 Å². The highest BCUT2D eigenvalue weighted by Gasteiger charge is 2.10. The third-order valence-corrected chi connectivity index (χ3v) is 1.49. The molecule has 2 N–H and O–H groups in total. The third-order valence-electron chi connectivity index (χ3n) is 1.49. The molecule has 0 spiro atoms. The maximum absolute atomic E-state index is 10.4. The first-order chi connectivity index (χ1) is 6.41. The van der Waals surface area contributed by atoms with E-state index in [4.69, 9.17) is 10.2 Å². The molecule has 0 radical (unpaired) electrons. The summed E-state index contributed by atoms with van der Waals surface area (Å²) in [5.41, 5.74) is 0.816. The van der Waals surface area contributed by atoms with E-state index in [0.717, 1.165) is 5.57 Å². The average molecular weight is 201 g/mol. The molecule has 0 amide bonds. The van der Waals surface area contributed by atoms with Crippen LogP contribution in [-0.4, -0.2) is 46.7 Å². The molecule has 0 atom stereocenters. The molecule has 0 bridgehead atoms. The van der Waals surface area contributed by atoms with E-state index >= 15 is 0 Å². The van der Waals surface area contributed by atoms with Gasteiger partial charge in [-0.15, -0.1) is 0 Å². The molecule has 0 saturated carbocycles. The van der Waals surface area contributed by atoms with Crippen molar-refractivity contribution in [1.82, 2.24) is 4.90 Å². The Morgan fingerprint density at radius 1 is 1.21 bits per heavy atom. The minimum Gasteiger partial charge on any atom is -0.481 e. The molecule has 0 fully saturated rings. The van der Waals surface area contributed by atoms with Gasteiger partial charge in [0.15, 0.2) is 0 Å². The summed E-state index contributed by atoms with van der Waals surface area (Å²) in [6.45, 7) is 5.91. The Hall–Kier alpha value is -1.36. The second-order valence-corrected chi connectivity index (χ2v) is 3.21. The fraction of sp³-hybridized carbons (Fsp3) is 0.556. The molecule has 5 heteroatoms. The lowest BCUT2D eigenvalue weighted by molar-refractivity contribution is -0.140. The lowest BCUT2D eigenvalue weighted by Crippen LogP contribution is -2.33. The SMILES string of the molecule is C=C(C)CN(CCC(=O)O)CC(=O)O. The highest BCUT2D eigenvalue weighted by molar-refractivity contribution is 5.69. The van der Waals surface area contributed by atoms with E-state index < -0.39 is 11.9 Å². The van der Waals surface area contributed by atoms with E-state index in [2.05, 4.69) is 6.58 Å². The van der Waals surface area contributed by atoms with Crippen LogP contribution in [0.2, 0.25) is 0 Å². The molecule has 5 nitrogen and oxygen atoms in total. The molecule has 80 valence electrons. The van der Waals surface area contributed by atoms with E-state index in [0.29, 0.717) is 6.54 Å². The summed E-state index contributed by atoms with van der Waals surface area (Å²) in [6.07, 6.45) is -0.0550. The highest BCUT2D eigenvalue weighted by atomic mass is 16.4. The van der Waals surface area contributed by atoms with Crippen LogP contribution in [-0.2, 0) is 9.59 Å². The average Bonchev–Trinajstić information content (AvgIpc) is 1.97. The highest BCUT2D eigenvalue weighted by Crippen LogP contribution is 1.97. The van der Waals surface area contributed by atoms with Crippen molar-refractivity contribution in [3.05, 3.63) is 12.2 Å². The number of hydrogen-bond donors (Lipinski definition) is 2. The quantitative estimate of drug-likeness (QED) is 0.584. The Morgan fingerprint density at radius 2 is 1.79 bits per heavy atom. The number of carboxylic acid groups (broad SMARTS) is 2. The van der Waals surface area contributed by atoms with Crippen LogP contribution in [0.3, 0.4) is 0 Å². The van der Waals surface area contributed by atoms with Gasteiger partial charge in [0.1, 0.15) is 0 Å². The smallest absolute Gasteiger partial charge is 0.317 e. The van der Waals surface area contributed by atoms with E-state index in [-0.39, 0.29) is 19.5 Å². The van der Waals surface area contributed by atoms with E-state index in [1.165, 1.54) is 0 Å². The molecule has 14 heavy (non-hydrogen) atoms. The van der Waals surface area contributed by atoms with E-state index in [1.807, 2.05) is 0 Å². The molecule has 0 aliphatic carbocycles. The van der Waals surface area contributed by atoms with Crippen molar-refractivity contribution >= 4 is 11.9 Å². The first kappa shape index (κ1) is 12.6. The maximum atomic E-state index is 10.4. The lowest BCUT2D eigenvalue weighted by atomic mass is 10.3. The molecular weight excluding hydrogens is 186 g/mol. The second kappa shape index (κ2) is 6.15. The van der Waals surface area contributed by atoms with Gasteiger partial charge in [-0.1, -0.05) is 12.2 Å². The maximum Gasteiger partial charge on any atom is 0.317 e. The summed E-state index contributed by atoms with van der Waals surface area (Å²) in [4.78, 5) is 22.2. The summed E-state index contributed by atoms with van der Waals surface area (Å²) in [6, 6.07) is 0. The zero-order valence-electron chi connectivity index (χ0n) is 8.19. The monoisotopic (exact) mass is 201 g/mol. The standard InChI is InChI=1S/C9H15NO4/c1-7(2)5-10(6-9(13)14)4-3-8(11)12/h1,3-6H2,2H3,(H,11,12)(H,13,14). The van der Waals surface area contributed by atoms with Gasteiger partial charge in [-0.2, -0.15) is 0 Å². The normalized spacial score (nSPS) is 10.1. The Morgan fingerprint density at radius 3 is 2.14 bits per heavy atom. The van der Waals surface area contributed by atoms with Crippen molar-refractivity contribution in [2.45, 2.75) is 13.3 Å². The molecule has 0 aliphatic heterocycles. The molecule has 0 aliphatic rings. The number of hydrogen-bond acceptors (Lipinski definition) is 3. The summed E-state index contributed by atoms with van der Waals surface area (Å²) >= 11 is 0. The minimum absolute atomic E-state index is 0.0550. The predicted molar refractivity (Wildman–Crippen MR) is 51.1 cm³/mol. The van der Waals surface area contributed by atoms with Crippen molar-refractivity contribution in [3.8, 4) is 0 Å². The Kier molecular flexibility index (Phi) is 5.55. The van der Waals surface area contributed by atoms with Crippen molar-refractivity contribution in [1.29, 1.82) is 0 Å². The summed E-state index contributed by atoms with van der Waals surface area (Å²) in [5.74, 6) is -1.89. The number of carboxylic acids is 2. The van der Waals surface area contributed by atoms with Crippen molar-refractivity contribution in [2.24, 2.45) is 0 Å². The van der Waals surface area contributed by atoms with Crippen LogP contribution in [0.1, 0.15) is 13.3 Å². The number of nitrogens with zero attached hydrogens (tertiary/aromatic N) is 1. The van der Waals surface area contributed by atoms with Gasteiger partial charge >= 0.3 is 11.9 Å². The Labute approximate surface area is 82.6 Å². The van der Waals surface area contributed by atoms with Crippen LogP contribution in [0.4, 0.5) is 0 Å². The van der Waals surface area contributed by atoms with Crippen LogP contribution >= 0.6 is 0 Å². The fourth-order valence-electron chi connectivity index (χ4n) is 1.04. The van der Waals surface area contributed by atoms with Crippen LogP contribution in [0, 0.1) is 0 Å². The topological polar surface area (TPSA) is 77.8 Å². The first-order valence-electron chi connectivity index (χ1n) is 4.22. The van der Waals surface area contributed by atoms with Crippen LogP contribution in [0.15, 0.2) is 12.2 Å². The number of aliphatic carboxylic acids is 2.